The van der Waals surface area contributed by atoms with Crippen LogP contribution in [0.2, 0.25) is 0 Å². The first kappa shape index (κ1) is 17.5. The van der Waals surface area contributed by atoms with Crippen LogP contribution in [0.1, 0.15) is 44.2 Å². The Bertz CT molecular complexity index is 934. The maximum absolute atomic E-state index is 13.5. The third-order valence-corrected chi connectivity index (χ3v) is 5.19. The molecule has 1 aliphatic heterocycles. The number of allylic oxidation sites excluding steroid dienone is 1. The molecule has 0 spiro atoms. The molecule has 27 heavy (non-hydrogen) atoms. The van der Waals surface area contributed by atoms with Crippen LogP contribution < -0.4 is 10.2 Å². The van der Waals surface area contributed by atoms with Crippen molar-refractivity contribution in [3.8, 4) is 0 Å². The zero-order valence-electron chi connectivity index (χ0n) is 15.2. The molecule has 0 radical (unpaired) electrons. The summed E-state index contributed by atoms with van der Waals surface area (Å²) >= 11 is 0. The summed E-state index contributed by atoms with van der Waals surface area (Å²) in [6.45, 7) is 1.81. The maximum atomic E-state index is 13.5. The van der Waals surface area contributed by atoms with Crippen LogP contribution in [0.4, 0.5) is 15.8 Å². The Balaban J connectivity index is 1.99. The lowest BCUT2D eigenvalue weighted by atomic mass is 9.85. The van der Waals surface area contributed by atoms with E-state index in [2.05, 4.69) is 5.32 Å². The Morgan fingerprint density at radius 3 is 2.63 bits per heavy atom. The lowest BCUT2D eigenvalue weighted by molar-refractivity contribution is -0.118. The number of amides is 1. The third-order valence-electron chi connectivity index (χ3n) is 5.19. The lowest BCUT2D eigenvalue weighted by Gasteiger charge is -2.33. The van der Waals surface area contributed by atoms with Crippen LogP contribution in [0.15, 0.2) is 59.8 Å². The van der Waals surface area contributed by atoms with Crippen molar-refractivity contribution in [2.24, 2.45) is 0 Å². The van der Waals surface area contributed by atoms with Crippen molar-refractivity contribution in [2.75, 3.05) is 10.2 Å². The molecule has 0 fully saturated rings. The predicted octanol–water partition coefficient (Wildman–Crippen LogP) is 4.74. The Morgan fingerprint density at radius 2 is 1.89 bits per heavy atom. The number of Topliss-reactive ketones (excluding diaryl/α,β-unsaturated/α-hetero) is 1. The van der Waals surface area contributed by atoms with E-state index in [1.165, 1.54) is 12.1 Å². The molecule has 4 rings (SSSR count). The van der Waals surface area contributed by atoms with Crippen molar-refractivity contribution >= 4 is 23.1 Å². The molecular formula is C22H21FN2O2. The van der Waals surface area contributed by atoms with E-state index in [4.69, 9.17) is 0 Å². The number of hydrogen-bond donors (Lipinski definition) is 1. The molecule has 1 amide bonds. The zero-order valence-corrected chi connectivity index (χ0v) is 15.2. The van der Waals surface area contributed by atoms with Gasteiger partial charge in [-0.25, -0.2) is 4.39 Å². The number of nitrogens with zero attached hydrogens (tertiary/aromatic N) is 1. The Hall–Kier alpha value is -2.95. The molecule has 0 saturated heterocycles. The van der Waals surface area contributed by atoms with Gasteiger partial charge in [0.1, 0.15) is 5.82 Å². The number of fused-ring (bicyclic) bond motifs is 1. The number of halogens is 1. The van der Waals surface area contributed by atoms with Gasteiger partial charge in [0, 0.05) is 24.1 Å². The van der Waals surface area contributed by atoms with E-state index >= 15 is 0 Å². The van der Waals surface area contributed by atoms with E-state index < -0.39 is 6.04 Å². The van der Waals surface area contributed by atoms with E-state index in [1.807, 2.05) is 31.2 Å². The Kier molecular flexibility index (Phi) is 4.52. The van der Waals surface area contributed by atoms with Gasteiger partial charge in [-0.1, -0.05) is 31.2 Å². The summed E-state index contributed by atoms with van der Waals surface area (Å²) in [5, 5.41) is 3.40. The fraction of sp³-hybridized carbons (Fsp3) is 0.273. The van der Waals surface area contributed by atoms with E-state index in [9.17, 15) is 14.0 Å². The molecule has 1 heterocycles. The number of benzene rings is 2. The number of nitrogens with one attached hydrogen (secondary N) is 1. The average Bonchev–Trinajstić information content (AvgIpc) is 2.83. The lowest BCUT2D eigenvalue weighted by Crippen LogP contribution is -2.37. The first-order chi connectivity index (χ1) is 13.1. The van der Waals surface area contributed by atoms with Crippen LogP contribution in [-0.4, -0.2) is 11.7 Å². The van der Waals surface area contributed by atoms with Crippen LogP contribution in [0, 0.1) is 5.82 Å². The SMILES string of the molecule is CCC(=O)N1c2ccccc2NC2=C(C(=O)CCC2)[C@H]1c1ccc(F)cc1. The summed E-state index contributed by atoms with van der Waals surface area (Å²) in [4.78, 5) is 27.6. The molecule has 0 unspecified atom stereocenters. The summed E-state index contributed by atoms with van der Waals surface area (Å²) in [5.41, 5.74) is 3.76. The normalized spacial score (nSPS) is 19.1. The van der Waals surface area contributed by atoms with E-state index in [0.717, 1.165) is 35.5 Å². The number of rotatable bonds is 2. The van der Waals surface area contributed by atoms with Gasteiger partial charge < -0.3 is 5.32 Å². The van der Waals surface area contributed by atoms with Gasteiger partial charge in [0.25, 0.3) is 0 Å². The molecule has 1 atom stereocenters. The summed E-state index contributed by atoms with van der Waals surface area (Å²) in [5.74, 6) is -0.381. The number of anilines is 2. The molecule has 1 N–H and O–H groups in total. The third kappa shape index (κ3) is 3.03. The van der Waals surface area contributed by atoms with Gasteiger partial charge in [-0.05, 0) is 42.7 Å². The van der Waals surface area contributed by atoms with Crippen LogP contribution in [0.5, 0.6) is 0 Å². The van der Waals surface area contributed by atoms with Gasteiger partial charge in [0.15, 0.2) is 5.78 Å². The molecule has 2 aromatic rings. The summed E-state index contributed by atoms with van der Waals surface area (Å²) < 4.78 is 13.5. The molecule has 1 aliphatic carbocycles. The molecule has 2 aromatic carbocycles. The number of carbonyl (C=O) groups excluding carboxylic acids is 2. The second-order valence-corrected chi connectivity index (χ2v) is 6.88. The zero-order chi connectivity index (χ0) is 19.0. The van der Waals surface area contributed by atoms with E-state index in [-0.39, 0.29) is 17.5 Å². The number of ketones is 1. The van der Waals surface area contributed by atoms with Crippen molar-refractivity contribution in [1.82, 2.24) is 0 Å². The number of carbonyl (C=O) groups is 2. The minimum Gasteiger partial charge on any atom is -0.357 e. The minimum atomic E-state index is -0.558. The Labute approximate surface area is 157 Å². The highest BCUT2D eigenvalue weighted by Gasteiger charge is 2.38. The number of hydrogen-bond acceptors (Lipinski definition) is 3. The van der Waals surface area contributed by atoms with Crippen molar-refractivity contribution in [3.63, 3.8) is 0 Å². The fourth-order valence-electron chi connectivity index (χ4n) is 3.94. The van der Waals surface area contributed by atoms with E-state index in [0.29, 0.717) is 18.4 Å². The first-order valence-electron chi connectivity index (χ1n) is 9.30. The molecule has 4 nitrogen and oxygen atoms in total. The van der Waals surface area contributed by atoms with Crippen LogP contribution >= 0.6 is 0 Å². The van der Waals surface area contributed by atoms with Gasteiger partial charge in [0.05, 0.1) is 17.4 Å². The van der Waals surface area contributed by atoms with Crippen LogP contribution in [0.25, 0.3) is 0 Å². The number of para-hydroxylation sites is 2. The molecule has 0 saturated carbocycles. The molecule has 0 aromatic heterocycles. The van der Waals surface area contributed by atoms with Gasteiger partial charge in [-0.3, -0.25) is 14.5 Å². The average molecular weight is 364 g/mol. The molecule has 138 valence electrons. The van der Waals surface area contributed by atoms with Gasteiger partial charge in [-0.15, -0.1) is 0 Å². The van der Waals surface area contributed by atoms with Crippen molar-refractivity contribution in [3.05, 3.63) is 71.2 Å². The molecule has 5 heteroatoms. The Morgan fingerprint density at radius 1 is 1.15 bits per heavy atom. The molecule has 0 bridgehead atoms. The highest BCUT2D eigenvalue weighted by Crippen LogP contribution is 2.44. The first-order valence-corrected chi connectivity index (χ1v) is 9.30. The topological polar surface area (TPSA) is 49.4 Å². The summed E-state index contributed by atoms with van der Waals surface area (Å²) in [7, 11) is 0. The maximum Gasteiger partial charge on any atom is 0.227 e. The second-order valence-electron chi connectivity index (χ2n) is 6.88. The molecule has 2 aliphatic rings. The fourth-order valence-corrected chi connectivity index (χ4v) is 3.94. The van der Waals surface area contributed by atoms with Gasteiger partial charge >= 0.3 is 0 Å². The van der Waals surface area contributed by atoms with Crippen LogP contribution in [-0.2, 0) is 9.59 Å². The monoisotopic (exact) mass is 364 g/mol. The van der Waals surface area contributed by atoms with Crippen molar-refractivity contribution in [2.45, 2.75) is 38.6 Å². The van der Waals surface area contributed by atoms with Gasteiger partial charge in [-0.2, -0.15) is 0 Å². The smallest absolute Gasteiger partial charge is 0.227 e. The predicted molar refractivity (Wildman–Crippen MR) is 103 cm³/mol. The van der Waals surface area contributed by atoms with Crippen LogP contribution in [0.3, 0.4) is 0 Å². The highest BCUT2D eigenvalue weighted by atomic mass is 19.1. The van der Waals surface area contributed by atoms with Crippen molar-refractivity contribution in [1.29, 1.82) is 0 Å². The largest absolute Gasteiger partial charge is 0.357 e. The van der Waals surface area contributed by atoms with Crippen molar-refractivity contribution < 1.29 is 14.0 Å². The highest BCUT2D eigenvalue weighted by molar-refractivity contribution is 6.06. The standard InChI is InChI=1S/C22H21FN2O2/c1-2-20(27)25-18-8-4-3-6-16(18)24-17-7-5-9-19(26)21(17)22(25)14-10-12-15(23)13-11-14/h3-4,6,8,10-13,22,24H,2,5,7,9H2,1H3/t22-/m1/s1. The van der Waals surface area contributed by atoms with Gasteiger partial charge in [0.2, 0.25) is 5.91 Å². The van der Waals surface area contributed by atoms with E-state index in [1.54, 1.807) is 17.0 Å². The summed E-state index contributed by atoms with van der Waals surface area (Å²) in [6, 6.07) is 13.1. The molecular weight excluding hydrogens is 343 g/mol. The quantitative estimate of drug-likeness (QED) is 0.837. The minimum absolute atomic E-state index is 0.0415. The summed E-state index contributed by atoms with van der Waals surface area (Å²) in [6.07, 6.45) is 2.30. The second kappa shape index (κ2) is 6.99.